The molecule has 0 atom stereocenters. The van der Waals surface area contributed by atoms with Crippen LogP contribution in [0.2, 0.25) is 0 Å². The summed E-state index contributed by atoms with van der Waals surface area (Å²) in [6.07, 6.45) is 1.29. The molecule has 2 heteroatoms. The van der Waals surface area contributed by atoms with E-state index in [0.717, 1.165) is 12.5 Å². The van der Waals surface area contributed by atoms with Crippen molar-refractivity contribution >= 4 is 11.8 Å². The van der Waals surface area contributed by atoms with Gasteiger partial charge in [-0.2, -0.15) is 0 Å². The van der Waals surface area contributed by atoms with Gasteiger partial charge in [-0.05, 0) is 42.8 Å². The first-order chi connectivity index (χ1) is 7.22. The smallest absolute Gasteiger partial charge is 0.0202 e. The van der Waals surface area contributed by atoms with Crippen LogP contribution in [0.3, 0.4) is 0 Å². The molecule has 0 bridgehead atoms. The van der Waals surface area contributed by atoms with Crippen LogP contribution in [0.25, 0.3) is 0 Å². The molecule has 1 aromatic rings. The van der Waals surface area contributed by atoms with Crippen molar-refractivity contribution in [3.63, 3.8) is 0 Å². The van der Waals surface area contributed by atoms with Crippen molar-refractivity contribution in [3.05, 3.63) is 29.8 Å². The Labute approximate surface area is 97.7 Å². The second kappa shape index (κ2) is 6.91. The number of nitrogens with one attached hydrogen (secondary N) is 1. The van der Waals surface area contributed by atoms with Crippen LogP contribution in [0.15, 0.2) is 29.2 Å². The van der Waals surface area contributed by atoms with Crippen LogP contribution in [0.1, 0.15) is 25.8 Å². The molecule has 0 spiro atoms. The molecule has 0 saturated heterocycles. The number of rotatable bonds is 6. The Morgan fingerprint density at radius 3 is 2.80 bits per heavy atom. The maximum atomic E-state index is 3.18. The highest BCUT2D eigenvalue weighted by Gasteiger charge is 1.98. The number of hydrogen-bond donors (Lipinski definition) is 1. The van der Waals surface area contributed by atoms with Crippen LogP contribution in [-0.4, -0.2) is 12.8 Å². The van der Waals surface area contributed by atoms with Crippen molar-refractivity contribution in [2.45, 2.75) is 31.7 Å². The molecule has 0 fully saturated rings. The molecule has 1 N–H and O–H groups in total. The molecule has 1 aromatic carbocycles. The lowest BCUT2D eigenvalue weighted by Gasteiger charge is -2.06. The normalized spacial score (nSPS) is 10.9. The topological polar surface area (TPSA) is 12.0 Å². The second-order valence-corrected chi connectivity index (χ2v) is 5.38. The molecule has 0 heterocycles. The Bertz CT molecular complexity index is 284. The molecule has 1 rings (SSSR count). The summed E-state index contributed by atoms with van der Waals surface area (Å²) in [5.74, 6) is 2.03. The second-order valence-electron chi connectivity index (χ2n) is 4.21. The zero-order valence-corrected chi connectivity index (χ0v) is 10.7. The summed E-state index contributed by atoms with van der Waals surface area (Å²) in [4.78, 5) is 1.39. The van der Waals surface area contributed by atoms with Crippen molar-refractivity contribution < 1.29 is 0 Å². The third-order valence-electron chi connectivity index (χ3n) is 2.24. The molecule has 0 radical (unpaired) electrons. The molecule has 0 amide bonds. The van der Waals surface area contributed by atoms with E-state index >= 15 is 0 Å². The number of hydrogen-bond acceptors (Lipinski definition) is 2. The van der Waals surface area contributed by atoms with Gasteiger partial charge in [0.1, 0.15) is 0 Å². The van der Waals surface area contributed by atoms with Gasteiger partial charge >= 0.3 is 0 Å². The summed E-state index contributed by atoms with van der Waals surface area (Å²) in [5, 5.41) is 3.18. The zero-order valence-electron chi connectivity index (χ0n) is 9.92. The average Bonchev–Trinajstić information content (AvgIpc) is 2.18. The van der Waals surface area contributed by atoms with E-state index in [9.17, 15) is 0 Å². The summed E-state index contributed by atoms with van der Waals surface area (Å²) in [7, 11) is 1.98. The Morgan fingerprint density at radius 1 is 1.33 bits per heavy atom. The number of benzene rings is 1. The van der Waals surface area contributed by atoms with Gasteiger partial charge in [-0.25, -0.2) is 0 Å². The molecule has 0 saturated carbocycles. The van der Waals surface area contributed by atoms with Gasteiger partial charge in [0.05, 0.1) is 0 Å². The molecule has 0 aromatic heterocycles. The summed E-state index contributed by atoms with van der Waals surface area (Å²) in [6.45, 7) is 5.51. The van der Waals surface area contributed by atoms with E-state index in [1.54, 1.807) is 0 Å². The molecule has 15 heavy (non-hydrogen) atoms. The SMILES string of the molecule is CNCc1cccc(SCCC(C)C)c1. The first kappa shape index (κ1) is 12.6. The fourth-order valence-electron chi connectivity index (χ4n) is 1.36. The Hall–Kier alpha value is -0.470. The Morgan fingerprint density at radius 2 is 2.13 bits per heavy atom. The van der Waals surface area contributed by atoms with Gasteiger partial charge in [0.2, 0.25) is 0 Å². The minimum Gasteiger partial charge on any atom is -0.316 e. The molecular weight excluding hydrogens is 202 g/mol. The fourth-order valence-corrected chi connectivity index (χ4v) is 2.60. The standard InChI is InChI=1S/C13H21NS/c1-11(2)7-8-15-13-6-4-5-12(9-13)10-14-3/h4-6,9,11,14H,7-8,10H2,1-3H3. The first-order valence-electron chi connectivity index (χ1n) is 5.58. The lowest BCUT2D eigenvalue weighted by Crippen LogP contribution is -2.04. The Balaban J connectivity index is 2.43. The maximum absolute atomic E-state index is 3.18. The van der Waals surface area contributed by atoms with E-state index < -0.39 is 0 Å². The van der Waals surface area contributed by atoms with E-state index in [1.165, 1.54) is 22.6 Å². The van der Waals surface area contributed by atoms with Crippen molar-refractivity contribution in [2.24, 2.45) is 5.92 Å². The molecule has 0 unspecified atom stereocenters. The van der Waals surface area contributed by atoms with Crippen LogP contribution in [0.4, 0.5) is 0 Å². The zero-order chi connectivity index (χ0) is 11.1. The molecule has 0 aliphatic heterocycles. The predicted molar refractivity (Wildman–Crippen MR) is 69.4 cm³/mol. The Kier molecular flexibility index (Phi) is 5.81. The van der Waals surface area contributed by atoms with Gasteiger partial charge in [0, 0.05) is 11.4 Å². The van der Waals surface area contributed by atoms with Gasteiger partial charge in [-0.3, -0.25) is 0 Å². The van der Waals surface area contributed by atoms with Crippen molar-refractivity contribution in [3.8, 4) is 0 Å². The highest BCUT2D eigenvalue weighted by atomic mass is 32.2. The monoisotopic (exact) mass is 223 g/mol. The van der Waals surface area contributed by atoms with Gasteiger partial charge in [-0.15, -0.1) is 11.8 Å². The highest BCUT2D eigenvalue weighted by molar-refractivity contribution is 7.99. The third-order valence-corrected chi connectivity index (χ3v) is 3.27. The number of thioether (sulfide) groups is 1. The van der Waals surface area contributed by atoms with E-state index in [0.29, 0.717) is 0 Å². The average molecular weight is 223 g/mol. The van der Waals surface area contributed by atoms with Crippen molar-refractivity contribution in [1.29, 1.82) is 0 Å². The lowest BCUT2D eigenvalue weighted by molar-refractivity contribution is 0.632. The summed E-state index contributed by atoms with van der Waals surface area (Å²) < 4.78 is 0. The quantitative estimate of drug-likeness (QED) is 0.740. The van der Waals surface area contributed by atoms with Gasteiger partial charge in [0.15, 0.2) is 0 Å². The van der Waals surface area contributed by atoms with Crippen LogP contribution >= 0.6 is 11.8 Å². The molecular formula is C13H21NS. The predicted octanol–water partition coefficient (Wildman–Crippen LogP) is 3.54. The van der Waals surface area contributed by atoms with Crippen LogP contribution in [0.5, 0.6) is 0 Å². The highest BCUT2D eigenvalue weighted by Crippen LogP contribution is 2.21. The minimum atomic E-state index is 0.804. The van der Waals surface area contributed by atoms with E-state index in [2.05, 4.69) is 43.4 Å². The van der Waals surface area contributed by atoms with Gasteiger partial charge in [-0.1, -0.05) is 26.0 Å². The summed E-state index contributed by atoms with van der Waals surface area (Å²) in [5.41, 5.74) is 1.37. The fraction of sp³-hybridized carbons (Fsp3) is 0.538. The van der Waals surface area contributed by atoms with E-state index in [1.807, 2.05) is 18.8 Å². The third kappa shape index (κ3) is 5.24. The minimum absolute atomic E-state index is 0.804. The molecule has 0 aliphatic rings. The van der Waals surface area contributed by atoms with Crippen molar-refractivity contribution in [1.82, 2.24) is 5.32 Å². The molecule has 1 nitrogen and oxygen atoms in total. The largest absolute Gasteiger partial charge is 0.316 e. The molecule has 84 valence electrons. The van der Waals surface area contributed by atoms with E-state index in [-0.39, 0.29) is 0 Å². The van der Waals surface area contributed by atoms with Gasteiger partial charge in [0.25, 0.3) is 0 Å². The summed E-state index contributed by atoms with van der Waals surface area (Å²) >= 11 is 1.96. The first-order valence-corrected chi connectivity index (χ1v) is 6.57. The van der Waals surface area contributed by atoms with Crippen molar-refractivity contribution in [2.75, 3.05) is 12.8 Å². The maximum Gasteiger partial charge on any atom is 0.0202 e. The van der Waals surface area contributed by atoms with Crippen LogP contribution in [-0.2, 0) is 6.54 Å². The lowest BCUT2D eigenvalue weighted by atomic mass is 10.2. The van der Waals surface area contributed by atoms with Crippen LogP contribution < -0.4 is 5.32 Å². The van der Waals surface area contributed by atoms with Gasteiger partial charge < -0.3 is 5.32 Å². The van der Waals surface area contributed by atoms with E-state index in [4.69, 9.17) is 0 Å². The summed E-state index contributed by atoms with van der Waals surface area (Å²) in [6, 6.07) is 8.79. The van der Waals surface area contributed by atoms with Crippen LogP contribution in [0, 0.1) is 5.92 Å². The molecule has 0 aliphatic carbocycles.